The molecule has 7 nitrogen and oxygen atoms in total. The molecule has 154 valence electrons. The molecule has 3 aliphatic rings. The third-order valence-electron chi connectivity index (χ3n) is 5.16. The van der Waals surface area contributed by atoms with Crippen LogP contribution in [0.25, 0.3) is 21.7 Å². The number of rotatable bonds is 4. The molecule has 3 aliphatic heterocycles. The maximum Gasteiger partial charge on any atom is 0.573 e. The van der Waals surface area contributed by atoms with E-state index in [2.05, 4.69) is 20.0 Å². The van der Waals surface area contributed by atoms with Crippen LogP contribution in [-0.2, 0) is 0 Å². The minimum absolute atomic E-state index is 0.0250. The number of aliphatic hydroxyl groups excluding tert-OH is 1. The SMILES string of the molecule is C[C@H](O)c1cc(-c2nccs2)c2oc(N3CC4CC(C3)N4)nc2c1OC(F)(F)F. The average Bonchev–Trinajstić information content (AvgIpc) is 3.30. The van der Waals surface area contributed by atoms with E-state index < -0.39 is 18.2 Å². The topological polar surface area (TPSA) is 83.7 Å². The Morgan fingerprint density at radius 1 is 1.38 bits per heavy atom. The van der Waals surface area contributed by atoms with E-state index >= 15 is 0 Å². The molecule has 5 heterocycles. The van der Waals surface area contributed by atoms with E-state index in [0.717, 1.165) is 6.42 Å². The molecule has 11 heteroatoms. The zero-order chi connectivity index (χ0) is 20.3. The van der Waals surface area contributed by atoms with E-state index in [-0.39, 0.29) is 22.7 Å². The Morgan fingerprint density at radius 2 is 2.10 bits per heavy atom. The minimum Gasteiger partial charge on any atom is -0.422 e. The summed E-state index contributed by atoms with van der Waals surface area (Å²) in [5.74, 6) is -0.543. The van der Waals surface area contributed by atoms with Crippen LogP contribution < -0.4 is 15.0 Å². The average molecular weight is 426 g/mol. The fraction of sp³-hybridized carbons (Fsp3) is 0.444. The van der Waals surface area contributed by atoms with Gasteiger partial charge in [-0.1, -0.05) is 0 Å². The van der Waals surface area contributed by atoms with Crippen molar-refractivity contribution in [2.24, 2.45) is 0 Å². The Bertz CT molecular complexity index is 1030. The van der Waals surface area contributed by atoms with Crippen molar-refractivity contribution in [2.75, 3.05) is 18.0 Å². The summed E-state index contributed by atoms with van der Waals surface area (Å²) >= 11 is 1.32. The molecular weight excluding hydrogens is 409 g/mol. The molecule has 29 heavy (non-hydrogen) atoms. The monoisotopic (exact) mass is 426 g/mol. The number of hydrogen-bond acceptors (Lipinski definition) is 8. The summed E-state index contributed by atoms with van der Waals surface area (Å²) in [5, 5.41) is 15.8. The van der Waals surface area contributed by atoms with Crippen LogP contribution in [-0.4, -0.2) is 46.6 Å². The second kappa shape index (κ2) is 6.57. The zero-order valence-corrected chi connectivity index (χ0v) is 16.0. The first-order valence-corrected chi connectivity index (χ1v) is 9.98. The molecule has 3 fully saturated rings. The summed E-state index contributed by atoms with van der Waals surface area (Å²) in [5.41, 5.74) is 0.529. The number of benzene rings is 1. The first-order chi connectivity index (χ1) is 13.8. The molecule has 0 saturated carbocycles. The minimum atomic E-state index is -4.94. The van der Waals surface area contributed by atoms with Crippen LogP contribution in [0.1, 0.15) is 25.0 Å². The fourth-order valence-electron chi connectivity index (χ4n) is 3.92. The number of piperidine rings is 1. The number of piperazine rings is 1. The third-order valence-corrected chi connectivity index (χ3v) is 5.97. The van der Waals surface area contributed by atoms with Crippen LogP contribution in [0, 0.1) is 0 Å². The molecule has 6 rings (SSSR count). The van der Waals surface area contributed by atoms with Gasteiger partial charge in [0.15, 0.2) is 16.8 Å². The smallest absolute Gasteiger partial charge is 0.422 e. The number of nitrogens with one attached hydrogen (secondary N) is 1. The Balaban J connectivity index is 1.71. The normalized spacial score (nSPS) is 22.6. The lowest BCUT2D eigenvalue weighted by Gasteiger charge is -2.47. The number of aromatic nitrogens is 2. The van der Waals surface area contributed by atoms with Crippen LogP contribution in [0.3, 0.4) is 0 Å². The summed E-state index contributed by atoms with van der Waals surface area (Å²) in [4.78, 5) is 10.5. The number of oxazole rings is 1. The van der Waals surface area contributed by atoms with E-state index in [1.165, 1.54) is 24.3 Å². The molecule has 0 amide bonds. The predicted molar refractivity (Wildman–Crippen MR) is 100.0 cm³/mol. The predicted octanol–water partition coefficient (Wildman–Crippen LogP) is 3.45. The van der Waals surface area contributed by atoms with Crippen LogP contribution in [0.5, 0.6) is 5.75 Å². The lowest BCUT2D eigenvalue weighted by Crippen LogP contribution is -2.67. The second-order valence-corrected chi connectivity index (χ2v) is 8.17. The Hall–Kier alpha value is -2.37. The number of nitrogens with zero attached hydrogens (tertiary/aromatic N) is 3. The molecule has 2 aromatic heterocycles. The van der Waals surface area contributed by atoms with Gasteiger partial charge in [-0.15, -0.1) is 24.5 Å². The number of fused-ring (bicyclic) bond motifs is 3. The van der Waals surface area contributed by atoms with Gasteiger partial charge in [0.05, 0.1) is 11.7 Å². The van der Waals surface area contributed by atoms with Crippen LogP contribution in [0.2, 0.25) is 0 Å². The second-order valence-electron chi connectivity index (χ2n) is 7.28. The molecule has 0 aliphatic carbocycles. The van der Waals surface area contributed by atoms with Crippen molar-refractivity contribution in [3.63, 3.8) is 0 Å². The van der Waals surface area contributed by atoms with Gasteiger partial charge in [-0.2, -0.15) is 4.98 Å². The molecular formula is C18H17F3N4O3S. The quantitative estimate of drug-likeness (QED) is 0.661. The van der Waals surface area contributed by atoms with Gasteiger partial charge in [-0.05, 0) is 19.4 Å². The molecule has 3 aromatic rings. The van der Waals surface area contributed by atoms with Crippen molar-refractivity contribution >= 4 is 28.5 Å². The molecule has 2 bridgehead atoms. The van der Waals surface area contributed by atoms with Crippen molar-refractivity contribution < 1.29 is 27.4 Å². The number of hydrogen-bond donors (Lipinski definition) is 2. The van der Waals surface area contributed by atoms with Crippen molar-refractivity contribution in [3.8, 4) is 16.3 Å². The third kappa shape index (κ3) is 3.32. The van der Waals surface area contributed by atoms with Crippen molar-refractivity contribution in [1.29, 1.82) is 0 Å². The lowest BCUT2D eigenvalue weighted by molar-refractivity contribution is -0.274. The van der Waals surface area contributed by atoms with Gasteiger partial charge in [0.1, 0.15) is 5.01 Å². The maximum absolute atomic E-state index is 13.1. The highest BCUT2D eigenvalue weighted by atomic mass is 32.1. The molecule has 2 N–H and O–H groups in total. The maximum atomic E-state index is 13.1. The Kier molecular flexibility index (Phi) is 4.23. The summed E-state index contributed by atoms with van der Waals surface area (Å²) in [6.07, 6.45) is -3.48. The van der Waals surface area contributed by atoms with Gasteiger partial charge in [-0.3, -0.25) is 0 Å². The van der Waals surface area contributed by atoms with E-state index in [9.17, 15) is 18.3 Å². The van der Waals surface area contributed by atoms with Gasteiger partial charge in [0, 0.05) is 42.3 Å². The summed E-state index contributed by atoms with van der Waals surface area (Å²) in [7, 11) is 0. The number of anilines is 1. The number of ether oxygens (including phenoxy) is 1. The molecule has 0 radical (unpaired) electrons. The van der Waals surface area contributed by atoms with E-state index in [1.54, 1.807) is 11.6 Å². The summed E-state index contributed by atoms with van der Waals surface area (Å²) < 4.78 is 49.6. The number of aliphatic hydroxyl groups is 1. The molecule has 3 atom stereocenters. The zero-order valence-electron chi connectivity index (χ0n) is 15.2. The Labute approximate surface area is 167 Å². The van der Waals surface area contributed by atoms with E-state index in [1.807, 2.05) is 4.90 Å². The molecule has 2 unspecified atom stereocenters. The van der Waals surface area contributed by atoms with Gasteiger partial charge >= 0.3 is 6.36 Å². The van der Waals surface area contributed by atoms with E-state index in [0.29, 0.717) is 35.7 Å². The van der Waals surface area contributed by atoms with Crippen LogP contribution in [0.4, 0.5) is 19.2 Å². The standard InChI is InChI=1S/C18H17F3N4O3S/c1-8(26)11-5-12(16-22-2-3-29-16)14-13(15(11)28-18(19,20)21)24-17(27-14)25-6-9-4-10(7-25)23-9/h2-3,5,8-10,23,26H,4,6-7H2,1H3/t8-,9?,10?/m0/s1. The first-order valence-electron chi connectivity index (χ1n) is 9.10. The van der Waals surface area contributed by atoms with Crippen molar-refractivity contribution in [3.05, 3.63) is 23.2 Å². The molecule has 1 aromatic carbocycles. The highest BCUT2D eigenvalue weighted by molar-refractivity contribution is 7.13. The molecule has 3 saturated heterocycles. The van der Waals surface area contributed by atoms with Gasteiger partial charge in [0.25, 0.3) is 6.01 Å². The van der Waals surface area contributed by atoms with Crippen molar-refractivity contribution in [2.45, 2.75) is 37.9 Å². The highest BCUT2D eigenvalue weighted by Gasteiger charge is 2.39. The largest absolute Gasteiger partial charge is 0.573 e. The Morgan fingerprint density at radius 3 is 2.69 bits per heavy atom. The van der Waals surface area contributed by atoms with Crippen molar-refractivity contribution in [1.82, 2.24) is 15.3 Å². The summed E-state index contributed by atoms with van der Waals surface area (Å²) in [6.45, 7) is 2.70. The van der Waals surface area contributed by atoms with E-state index in [4.69, 9.17) is 4.42 Å². The van der Waals surface area contributed by atoms with Crippen LogP contribution >= 0.6 is 11.3 Å². The number of halogens is 3. The fourth-order valence-corrected chi connectivity index (χ4v) is 4.57. The number of alkyl halides is 3. The van der Waals surface area contributed by atoms with Gasteiger partial charge < -0.3 is 24.5 Å². The lowest BCUT2D eigenvalue weighted by atomic mass is 9.92. The van der Waals surface area contributed by atoms with Crippen LogP contribution in [0.15, 0.2) is 22.1 Å². The highest BCUT2D eigenvalue weighted by Crippen LogP contribution is 2.44. The number of thiazole rings is 1. The summed E-state index contributed by atoms with van der Waals surface area (Å²) in [6, 6.07) is 2.31. The van der Waals surface area contributed by atoms with Gasteiger partial charge in [0.2, 0.25) is 0 Å². The molecule has 0 spiro atoms. The first kappa shape index (κ1) is 18.6. The van der Waals surface area contributed by atoms with Gasteiger partial charge in [-0.25, -0.2) is 4.98 Å².